The Labute approximate surface area is 213 Å². The van der Waals surface area contributed by atoms with Crippen molar-refractivity contribution in [2.45, 2.75) is 31.5 Å². The van der Waals surface area contributed by atoms with Gasteiger partial charge in [-0.1, -0.05) is 78.4 Å². The first-order valence-electron chi connectivity index (χ1n) is 11.1. The lowest BCUT2D eigenvalue weighted by atomic mass is 9.74. The third-order valence-electron chi connectivity index (χ3n) is 6.24. The Morgan fingerprint density at radius 2 is 1.76 bits per heavy atom. The fraction of sp³-hybridized carbons (Fsp3) is 0.250. The van der Waals surface area contributed by atoms with Crippen LogP contribution in [0.3, 0.4) is 0 Å². The van der Waals surface area contributed by atoms with Gasteiger partial charge in [0.05, 0.1) is 16.7 Å². The third kappa shape index (κ3) is 5.38. The quantitative estimate of drug-likeness (QED) is 0.311. The predicted molar refractivity (Wildman–Crippen MR) is 137 cm³/mol. The van der Waals surface area contributed by atoms with Gasteiger partial charge < -0.3 is 14.6 Å². The highest BCUT2D eigenvalue weighted by molar-refractivity contribution is 9.10. The number of hydrogen-bond acceptors (Lipinski definition) is 3. The molecular weight excluding hydrogens is 516 g/mol. The molecule has 0 saturated carbocycles. The van der Waals surface area contributed by atoms with E-state index in [1.165, 1.54) is 0 Å². The summed E-state index contributed by atoms with van der Waals surface area (Å²) >= 11 is 9.69. The van der Waals surface area contributed by atoms with Crippen molar-refractivity contribution >= 4 is 33.5 Å². The number of rotatable bonds is 7. The van der Waals surface area contributed by atoms with E-state index in [0.717, 1.165) is 28.7 Å². The number of benzene rings is 3. The Bertz CT molecular complexity index is 1160. The van der Waals surface area contributed by atoms with E-state index in [4.69, 9.17) is 21.1 Å². The molecule has 176 valence electrons. The first-order chi connectivity index (χ1) is 16.3. The van der Waals surface area contributed by atoms with E-state index in [9.17, 15) is 9.90 Å². The summed E-state index contributed by atoms with van der Waals surface area (Å²) in [4.78, 5) is 11.2. The van der Waals surface area contributed by atoms with E-state index < -0.39 is 12.6 Å². The normalized spacial score (nSPS) is 22.2. The highest BCUT2D eigenvalue weighted by Gasteiger charge is 2.41. The summed E-state index contributed by atoms with van der Waals surface area (Å²) in [5.74, 6) is -0.458. The minimum absolute atomic E-state index is 0.00196. The van der Waals surface area contributed by atoms with Crippen LogP contribution in [-0.2, 0) is 9.53 Å². The molecule has 0 aromatic heterocycles. The number of ether oxygens (including phenoxy) is 2. The van der Waals surface area contributed by atoms with Gasteiger partial charge >= 0.3 is 5.97 Å². The number of para-hydroxylation sites is 1. The fourth-order valence-electron chi connectivity index (χ4n) is 4.63. The zero-order chi connectivity index (χ0) is 24.2. The van der Waals surface area contributed by atoms with Crippen LogP contribution in [0.15, 0.2) is 89.4 Å². The Hall–Kier alpha value is -2.60. The third-order valence-corrected chi connectivity index (χ3v) is 7.11. The van der Waals surface area contributed by atoms with Crippen LogP contribution < -0.4 is 4.74 Å². The molecule has 1 N–H and O–H groups in total. The number of carbonyl (C=O) groups is 1. The molecule has 0 bridgehead atoms. The number of carboxylic acid groups (broad SMARTS) is 1. The van der Waals surface area contributed by atoms with Crippen LogP contribution in [0.5, 0.6) is 5.75 Å². The zero-order valence-electron chi connectivity index (χ0n) is 18.8. The monoisotopic (exact) mass is 540 g/mol. The molecule has 4 rings (SSSR count). The predicted octanol–water partition coefficient (Wildman–Crippen LogP) is 7.74. The molecule has 1 saturated heterocycles. The summed E-state index contributed by atoms with van der Waals surface area (Å²) < 4.78 is 13.3. The van der Waals surface area contributed by atoms with Gasteiger partial charge in [-0.25, -0.2) is 4.79 Å². The first-order valence-corrected chi connectivity index (χ1v) is 12.3. The lowest BCUT2D eigenvalue weighted by Crippen LogP contribution is -2.32. The van der Waals surface area contributed by atoms with E-state index in [-0.39, 0.29) is 24.0 Å². The average Bonchev–Trinajstić information content (AvgIpc) is 2.83. The summed E-state index contributed by atoms with van der Waals surface area (Å²) in [6, 6.07) is 23.8. The van der Waals surface area contributed by atoms with Crippen LogP contribution >= 0.6 is 27.5 Å². The molecule has 1 fully saturated rings. The fourth-order valence-corrected chi connectivity index (χ4v) is 5.25. The van der Waals surface area contributed by atoms with Gasteiger partial charge in [0, 0.05) is 22.4 Å². The second-order valence-electron chi connectivity index (χ2n) is 8.58. The maximum atomic E-state index is 11.2. The van der Waals surface area contributed by atoms with Crippen molar-refractivity contribution in [3.05, 3.63) is 111 Å². The molecular formula is C28H26BrClO4. The van der Waals surface area contributed by atoms with E-state index in [2.05, 4.69) is 46.8 Å². The van der Waals surface area contributed by atoms with Crippen LogP contribution in [0.1, 0.15) is 48.2 Å². The Morgan fingerprint density at radius 3 is 2.41 bits per heavy atom. The van der Waals surface area contributed by atoms with E-state index >= 15 is 0 Å². The molecule has 4 atom stereocenters. The molecule has 0 unspecified atom stereocenters. The van der Waals surface area contributed by atoms with E-state index in [0.29, 0.717) is 15.2 Å². The lowest BCUT2D eigenvalue weighted by molar-refractivity contribution is -0.139. The largest absolute Gasteiger partial charge is 0.480 e. The number of hydrogen-bond donors (Lipinski definition) is 1. The molecule has 1 aliphatic heterocycles. The maximum absolute atomic E-state index is 11.2. The van der Waals surface area contributed by atoms with Gasteiger partial charge in [-0.3, -0.25) is 0 Å². The number of aliphatic carboxylic acids is 1. The first kappa shape index (κ1) is 24.5. The van der Waals surface area contributed by atoms with Gasteiger partial charge in [0.15, 0.2) is 6.61 Å². The molecule has 6 heteroatoms. The standard InChI is InChI=1S/C28H26BrClO4/c1-17(2)22-15-23(18-11-13-20(30)14-12-18)26(19-7-4-3-5-8-19)34-27(22)21-9-6-10-24(29)28(21)33-16-25(31)32/h3-14,22-23,26-27H,1,15-16H2,2H3,(H,31,32)/t22-,23-,26+,27-/m1/s1. The van der Waals surface area contributed by atoms with Crippen LogP contribution in [0.25, 0.3) is 0 Å². The van der Waals surface area contributed by atoms with Crippen molar-refractivity contribution in [3.8, 4) is 5.75 Å². The van der Waals surface area contributed by atoms with Gasteiger partial charge in [-0.2, -0.15) is 0 Å². The van der Waals surface area contributed by atoms with Crippen LogP contribution in [-0.4, -0.2) is 17.7 Å². The van der Waals surface area contributed by atoms with Gasteiger partial charge in [-0.15, -0.1) is 0 Å². The zero-order valence-corrected chi connectivity index (χ0v) is 21.1. The van der Waals surface area contributed by atoms with Crippen LogP contribution in [0, 0.1) is 5.92 Å². The molecule has 3 aromatic rings. The average molecular weight is 542 g/mol. The highest BCUT2D eigenvalue weighted by Crippen LogP contribution is 2.53. The highest BCUT2D eigenvalue weighted by atomic mass is 79.9. The van der Waals surface area contributed by atoms with Gasteiger partial charge in [-0.05, 0) is 58.6 Å². The molecule has 0 amide bonds. The topological polar surface area (TPSA) is 55.8 Å². The Kier molecular flexibility index (Phi) is 7.77. The van der Waals surface area contributed by atoms with Gasteiger partial charge in [0.1, 0.15) is 5.75 Å². The van der Waals surface area contributed by atoms with E-state index in [1.54, 1.807) is 0 Å². The summed E-state index contributed by atoms with van der Waals surface area (Å²) in [5.41, 5.74) is 4.04. The van der Waals surface area contributed by atoms with Crippen LogP contribution in [0.2, 0.25) is 5.02 Å². The molecule has 1 heterocycles. The molecule has 0 aliphatic carbocycles. The van der Waals surface area contributed by atoms with Crippen molar-refractivity contribution in [1.29, 1.82) is 0 Å². The minimum atomic E-state index is -1.03. The van der Waals surface area contributed by atoms with Crippen molar-refractivity contribution in [3.63, 3.8) is 0 Å². The summed E-state index contributed by atoms with van der Waals surface area (Å²) in [6.45, 7) is 5.85. The van der Waals surface area contributed by atoms with Gasteiger partial charge in [0.25, 0.3) is 0 Å². The summed E-state index contributed by atoms with van der Waals surface area (Å²) in [5, 5.41) is 9.88. The Balaban J connectivity index is 1.79. The van der Waals surface area contributed by atoms with E-state index in [1.807, 2.05) is 55.5 Å². The second-order valence-corrected chi connectivity index (χ2v) is 9.87. The van der Waals surface area contributed by atoms with Crippen molar-refractivity contribution in [2.75, 3.05) is 6.61 Å². The molecule has 4 nitrogen and oxygen atoms in total. The Morgan fingerprint density at radius 1 is 1.06 bits per heavy atom. The number of halogens is 2. The molecule has 34 heavy (non-hydrogen) atoms. The van der Waals surface area contributed by atoms with Crippen molar-refractivity contribution < 1.29 is 19.4 Å². The molecule has 0 spiro atoms. The second kappa shape index (κ2) is 10.8. The van der Waals surface area contributed by atoms with Crippen molar-refractivity contribution in [2.24, 2.45) is 5.92 Å². The smallest absolute Gasteiger partial charge is 0.341 e. The molecule has 3 aromatic carbocycles. The van der Waals surface area contributed by atoms with Gasteiger partial charge in [0.2, 0.25) is 0 Å². The molecule has 0 radical (unpaired) electrons. The summed E-state index contributed by atoms with van der Waals surface area (Å²) in [6.07, 6.45) is 0.244. The lowest BCUT2D eigenvalue weighted by Gasteiger charge is -2.43. The minimum Gasteiger partial charge on any atom is -0.480 e. The SMILES string of the molecule is C=C(C)[C@H]1C[C@H](c2ccc(Cl)cc2)[C@H](c2ccccc2)O[C@@H]1c1cccc(Br)c1OCC(=O)O. The maximum Gasteiger partial charge on any atom is 0.341 e. The number of carboxylic acids is 1. The molecule has 1 aliphatic rings. The summed E-state index contributed by atoms with van der Waals surface area (Å²) in [7, 11) is 0. The van der Waals surface area contributed by atoms with Crippen molar-refractivity contribution in [1.82, 2.24) is 0 Å². The van der Waals surface area contributed by atoms with Crippen LogP contribution in [0.4, 0.5) is 0 Å².